The zero-order valence-electron chi connectivity index (χ0n) is 14.0. The summed E-state index contributed by atoms with van der Waals surface area (Å²) in [5, 5.41) is 15.8. The van der Waals surface area contributed by atoms with Crippen molar-refractivity contribution in [3.63, 3.8) is 0 Å². The zero-order valence-corrected chi connectivity index (χ0v) is 14.0. The maximum atomic E-state index is 11.8. The second-order valence-corrected chi connectivity index (χ2v) is 5.78. The van der Waals surface area contributed by atoms with Crippen molar-refractivity contribution < 1.29 is 14.6 Å². The third-order valence-corrected chi connectivity index (χ3v) is 3.94. The predicted octanol–water partition coefficient (Wildman–Crippen LogP) is 2.68. The maximum Gasteiger partial charge on any atom is 0.315 e. The van der Waals surface area contributed by atoms with E-state index in [1.54, 1.807) is 6.92 Å². The molecule has 1 aromatic rings. The number of amides is 2. The van der Waals surface area contributed by atoms with Gasteiger partial charge in [0.2, 0.25) is 0 Å². The lowest BCUT2D eigenvalue weighted by Crippen LogP contribution is -2.47. The highest BCUT2D eigenvalue weighted by Crippen LogP contribution is 2.18. The van der Waals surface area contributed by atoms with E-state index >= 15 is 0 Å². The van der Waals surface area contributed by atoms with Crippen LogP contribution >= 0.6 is 0 Å². The number of carbonyl (C=O) groups is 1. The van der Waals surface area contributed by atoms with Gasteiger partial charge in [0.25, 0.3) is 0 Å². The fourth-order valence-electron chi connectivity index (χ4n) is 2.03. The van der Waals surface area contributed by atoms with Crippen LogP contribution in [0.4, 0.5) is 4.79 Å². The molecule has 2 atom stereocenters. The van der Waals surface area contributed by atoms with Gasteiger partial charge >= 0.3 is 6.03 Å². The third-order valence-electron chi connectivity index (χ3n) is 3.94. The molecule has 0 fully saturated rings. The molecule has 1 rings (SSSR count). The number of carbonyl (C=O) groups excluding carboxylic acids is 1. The number of aliphatic hydroxyl groups is 1. The van der Waals surface area contributed by atoms with Crippen LogP contribution in [0, 0.1) is 5.92 Å². The van der Waals surface area contributed by atoms with Gasteiger partial charge in [-0.05, 0) is 37.5 Å². The molecule has 0 heterocycles. The van der Waals surface area contributed by atoms with Crippen molar-refractivity contribution in [2.75, 3.05) is 13.2 Å². The van der Waals surface area contributed by atoms with Gasteiger partial charge in [-0.15, -0.1) is 0 Å². The molecule has 0 aromatic heterocycles. The molecule has 5 heteroatoms. The second kappa shape index (κ2) is 8.63. The number of urea groups is 1. The first kappa shape index (κ1) is 18.3. The Bertz CT molecular complexity index is 475. The summed E-state index contributed by atoms with van der Waals surface area (Å²) in [4.78, 5) is 11.8. The van der Waals surface area contributed by atoms with Gasteiger partial charge < -0.3 is 20.5 Å². The normalized spacial score (nSPS) is 14.8. The largest absolute Gasteiger partial charge is 0.494 e. The summed E-state index contributed by atoms with van der Waals surface area (Å²) in [5.41, 5.74) is 0.0656. The quantitative estimate of drug-likeness (QED) is 0.691. The molecule has 0 spiro atoms. The van der Waals surface area contributed by atoms with Gasteiger partial charge in [-0.25, -0.2) is 4.79 Å². The van der Waals surface area contributed by atoms with E-state index in [1.165, 1.54) is 0 Å². The molecule has 5 nitrogen and oxygen atoms in total. The Morgan fingerprint density at radius 3 is 2.73 bits per heavy atom. The number of rotatable bonds is 8. The first-order chi connectivity index (χ1) is 10.4. The summed E-state index contributed by atoms with van der Waals surface area (Å²) >= 11 is 0. The van der Waals surface area contributed by atoms with Crippen molar-refractivity contribution in [2.45, 2.75) is 46.3 Å². The van der Waals surface area contributed by atoms with Crippen LogP contribution in [0.15, 0.2) is 24.3 Å². The molecule has 22 heavy (non-hydrogen) atoms. The summed E-state index contributed by atoms with van der Waals surface area (Å²) in [5.74, 6) is 0.914. The minimum atomic E-state index is -0.902. The van der Waals surface area contributed by atoms with Crippen molar-refractivity contribution in [3.05, 3.63) is 29.8 Å². The average Bonchev–Trinajstić information content (AvgIpc) is 2.51. The molecule has 2 unspecified atom stereocenters. The van der Waals surface area contributed by atoms with E-state index in [4.69, 9.17) is 4.74 Å². The molecule has 0 aliphatic rings. The standard InChI is InChI=1S/C17H28N2O3/c1-5-13(3)17(4,21)12-19-16(20)18-11-14-8-7-9-15(10-14)22-6-2/h7-10,13,21H,5-6,11-12H2,1-4H3,(H2,18,19,20). The van der Waals surface area contributed by atoms with E-state index in [2.05, 4.69) is 10.6 Å². The highest BCUT2D eigenvalue weighted by Gasteiger charge is 2.27. The molecule has 2 amide bonds. The zero-order chi connectivity index (χ0) is 16.6. The van der Waals surface area contributed by atoms with Crippen LogP contribution in [0.2, 0.25) is 0 Å². The third kappa shape index (κ3) is 5.93. The van der Waals surface area contributed by atoms with Gasteiger partial charge in [0.1, 0.15) is 5.75 Å². The molecule has 0 saturated heterocycles. The molecule has 0 bridgehead atoms. The first-order valence-electron chi connectivity index (χ1n) is 7.84. The molecular weight excluding hydrogens is 280 g/mol. The Balaban J connectivity index is 2.41. The van der Waals surface area contributed by atoms with Crippen molar-refractivity contribution in [3.8, 4) is 5.75 Å². The Hall–Kier alpha value is -1.75. The van der Waals surface area contributed by atoms with Crippen molar-refractivity contribution in [1.82, 2.24) is 10.6 Å². The minimum Gasteiger partial charge on any atom is -0.494 e. The van der Waals surface area contributed by atoms with Crippen LogP contribution in [-0.2, 0) is 6.54 Å². The lowest BCUT2D eigenvalue weighted by Gasteiger charge is -2.29. The Morgan fingerprint density at radius 1 is 1.36 bits per heavy atom. The lowest BCUT2D eigenvalue weighted by atomic mass is 9.89. The van der Waals surface area contributed by atoms with Gasteiger partial charge in [0.15, 0.2) is 0 Å². The molecule has 3 N–H and O–H groups in total. The van der Waals surface area contributed by atoms with Crippen LogP contribution in [0.5, 0.6) is 5.75 Å². The fraction of sp³-hybridized carbons (Fsp3) is 0.588. The van der Waals surface area contributed by atoms with Gasteiger partial charge in [-0.3, -0.25) is 0 Å². The summed E-state index contributed by atoms with van der Waals surface area (Å²) < 4.78 is 5.42. The van der Waals surface area contributed by atoms with Crippen molar-refractivity contribution >= 4 is 6.03 Å². The van der Waals surface area contributed by atoms with E-state index in [9.17, 15) is 9.90 Å². The summed E-state index contributed by atoms with van der Waals surface area (Å²) in [6.45, 7) is 8.92. The van der Waals surface area contributed by atoms with E-state index in [0.717, 1.165) is 17.7 Å². The average molecular weight is 308 g/mol. The molecule has 124 valence electrons. The topological polar surface area (TPSA) is 70.6 Å². The molecular formula is C17H28N2O3. The van der Waals surface area contributed by atoms with Gasteiger partial charge in [0, 0.05) is 13.1 Å². The van der Waals surface area contributed by atoms with Crippen LogP contribution in [0.3, 0.4) is 0 Å². The van der Waals surface area contributed by atoms with Crippen molar-refractivity contribution in [1.29, 1.82) is 0 Å². The van der Waals surface area contributed by atoms with Gasteiger partial charge in [0.05, 0.1) is 12.2 Å². The summed E-state index contributed by atoms with van der Waals surface area (Å²) in [6.07, 6.45) is 0.862. The van der Waals surface area contributed by atoms with E-state index < -0.39 is 5.60 Å². The monoisotopic (exact) mass is 308 g/mol. The molecule has 0 aliphatic carbocycles. The Labute approximate surface area is 133 Å². The Morgan fingerprint density at radius 2 is 2.09 bits per heavy atom. The first-order valence-corrected chi connectivity index (χ1v) is 7.84. The summed E-state index contributed by atoms with van der Waals surface area (Å²) in [6, 6.07) is 7.33. The van der Waals surface area contributed by atoms with E-state index in [1.807, 2.05) is 45.0 Å². The van der Waals surface area contributed by atoms with E-state index in [0.29, 0.717) is 13.2 Å². The van der Waals surface area contributed by atoms with Crippen LogP contribution in [0.25, 0.3) is 0 Å². The SMILES string of the molecule is CCOc1cccc(CNC(=O)NCC(C)(O)C(C)CC)c1. The van der Waals surface area contributed by atoms with Crippen LogP contribution in [0.1, 0.15) is 39.7 Å². The highest BCUT2D eigenvalue weighted by atomic mass is 16.5. The second-order valence-electron chi connectivity index (χ2n) is 5.78. The van der Waals surface area contributed by atoms with Gasteiger partial charge in [-0.1, -0.05) is 32.4 Å². The smallest absolute Gasteiger partial charge is 0.315 e. The molecule has 1 aromatic carbocycles. The Kier molecular flexibility index (Phi) is 7.18. The molecule has 0 radical (unpaired) electrons. The highest BCUT2D eigenvalue weighted by molar-refractivity contribution is 5.73. The fourth-order valence-corrected chi connectivity index (χ4v) is 2.03. The predicted molar refractivity (Wildman–Crippen MR) is 87.9 cm³/mol. The number of hydrogen-bond acceptors (Lipinski definition) is 3. The van der Waals surface area contributed by atoms with Crippen LogP contribution < -0.4 is 15.4 Å². The summed E-state index contributed by atoms with van der Waals surface area (Å²) in [7, 11) is 0. The molecule has 0 saturated carbocycles. The molecule has 0 aliphatic heterocycles. The minimum absolute atomic E-state index is 0.121. The van der Waals surface area contributed by atoms with E-state index in [-0.39, 0.29) is 18.5 Å². The van der Waals surface area contributed by atoms with Crippen molar-refractivity contribution in [2.24, 2.45) is 5.92 Å². The lowest BCUT2D eigenvalue weighted by molar-refractivity contribution is 0.00790. The number of benzene rings is 1. The number of hydrogen-bond donors (Lipinski definition) is 3. The van der Waals surface area contributed by atoms with Crippen LogP contribution in [-0.4, -0.2) is 29.9 Å². The number of ether oxygens (including phenoxy) is 1. The van der Waals surface area contributed by atoms with Gasteiger partial charge in [-0.2, -0.15) is 0 Å². The maximum absolute atomic E-state index is 11.8. The number of nitrogens with one attached hydrogen (secondary N) is 2.